The first-order valence-corrected chi connectivity index (χ1v) is 7.86. The summed E-state index contributed by atoms with van der Waals surface area (Å²) in [4.78, 5) is 0. The molecule has 0 amide bonds. The molecule has 0 fully saturated rings. The van der Waals surface area contributed by atoms with Gasteiger partial charge in [-0.25, -0.2) is 0 Å². The van der Waals surface area contributed by atoms with Crippen LogP contribution in [0.2, 0.25) is 0 Å². The number of aliphatic hydroxyl groups excluding tert-OH is 2. The second-order valence-electron chi connectivity index (χ2n) is 5.59. The molecule has 1 heterocycles. The van der Waals surface area contributed by atoms with Crippen LogP contribution in [0.15, 0.2) is 65.1 Å². The fraction of sp³-hybridized carbons (Fsp3) is 0.200. The van der Waals surface area contributed by atoms with Gasteiger partial charge in [-0.15, -0.1) is 0 Å². The molecule has 1 aromatic heterocycles. The number of methoxy groups -OCH3 is 2. The first-order valence-electron chi connectivity index (χ1n) is 7.86. The van der Waals surface area contributed by atoms with E-state index in [1.165, 1.54) is 0 Å². The second-order valence-corrected chi connectivity index (χ2v) is 5.59. The van der Waals surface area contributed by atoms with E-state index in [0.29, 0.717) is 34.1 Å². The van der Waals surface area contributed by atoms with Gasteiger partial charge >= 0.3 is 0 Å². The first-order chi connectivity index (χ1) is 12.1. The standard InChI is InChI=1S/C20H20O5/c1-23-15-7-3-13(4-8-15)19(21)17-11-12-18(25-17)20(22)14-5-9-16(24-2)10-6-14/h3-12,19-22H,1-2H3. The van der Waals surface area contributed by atoms with Crippen molar-refractivity contribution in [2.75, 3.05) is 14.2 Å². The lowest BCUT2D eigenvalue weighted by Crippen LogP contribution is -2.00. The van der Waals surface area contributed by atoms with Crippen molar-refractivity contribution in [3.05, 3.63) is 83.3 Å². The van der Waals surface area contributed by atoms with Crippen LogP contribution < -0.4 is 9.47 Å². The Morgan fingerprint density at radius 2 is 1.00 bits per heavy atom. The highest BCUT2D eigenvalue weighted by molar-refractivity contribution is 5.34. The SMILES string of the molecule is COc1ccc(C(O)c2ccc(C(O)c3ccc(OC)cc3)o2)cc1. The highest BCUT2D eigenvalue weighted by Crippen LogP contribution is 2.30. The Morgan fingerprint density at radius 3 is 1.32 bits per heavy atom. The van der Waals surface area contributed by atoms with E-state index in [1.807, 2.05) is 0 Å². The van der Waals surface area contributed by atoms with E-state index in [4.69, 9.17) is 13.9 Å². The van der Waals surface area contributed by atoms with Gasteiger partial charge in [0.1, 0.15) is 35.2 Å². The summed E-state index contributed by atoms with van der Waals surface area (Å²) in [6, 6.07) is 17.5. The van der Waals surface area contributed by atoms with E-state index in [9.17, 15) is 10.2 Å². The quantitative estimate of drug-likeness (QED) is 0.719. The van der Waals surface area contributed by atoms with Gasteiger partial charge in [-0.1, -0.05) is 24.3 Å². The Balaban J connectivity index is 1.78. The topological polar surface area (TPSA) is 72.1 Å². The molecule has 0 aliphatic rings. The maximum absolute atomic E-state index is 10.5. The zero-order valence-electron chi connectivity index (χ0n) is 14.0. The maximum atomic E-state index is 10.5. The molecular formula is C20H20O5. The summed E-state index contributed by atoms with van der Waals surface area (Å²) in [5.74, 6) is 2.16. The van der Waals surface area contributed by atoms with Crippen LogP contribution in [0.25, 0.3) is 0 Å². The van der Waals surface area contributed by atoms with Crippen LogP contribution in [-0.2, 0) is 0 Å². The molecule has 0 bridgehead atoms. The molecule has 2 N–H and O–H groups in total. The molecule has 0 aliphatic carbocycles. The van der Waals surface area contributed by atoms with E-state index in [2.05, 4.69) is 0 Å². The number of aliphatic hydroxyl groups is 2. The lowest BCUT2D eigenvalue weighted by molar-refractivity contribution is 0.159. The van der Waals surface area contributed by atoms with Crippen molar-refractivity contribution in [3.8, 4) is 11.5 Å². The molecule has 0 saturated heterocycles. The summed E-state index contributed by atoms with van der Waals surface area (Å²) >= 11 is 0. The van der Waals surface area contributed by atoms with Gasteiger partial charge in [0.2, 0.25) is 0 Å². The van der Waals surface area contributed by atoms with Gasteiger partial charge < -0.3 is 24.1 Å². The van der Waals surface area contributed by atoms with Crippen LogP contribution >= 0.6 is 0 Å². The van der Waals surface area contributed by atoms with Gasteiger partial charge in [-0.05, 0) is 47.5 Å². The van der Waals surface area contributed by atoms with Gasteiger partial charge in [0, 0.05) is 0 Å². The minimum absolute atomic E-state index is 0.368. The molecule has 0 spiro atoms. The summed E-state index contributed by atoms with van der Waals surface area (Å²) in [5, 5.41) is 20.9. The van der Waals surface area contributed by atoms with Crippen molar-refractivity contribution in [3.63, 3.8) is 0 Å². The molecule has 2 atom stereocenters. The van der Waals surface area contributed by atoms with Gasteiger partial charge in [0.05, 0.1) is 14.2 Å². The summed E-state index contributed by atoms with van der Waals surface area (Å²) in [7, 11) is 3.18. The molecule has 25 heavy (non-hydrogen) atoms. The van der Waals surface area contributed by atoms with Crippen LogP contribution in [0.5, 0.6) is 11.5 Å². The molecule has 0 aliphatic heterocycles. The first kappa shape index (κ1) is 17.1. The fourth-order valence-corrected chi connectivity index (χ4v) is 2.56. The predicted molar refractivity (Wildman–Crippen MR) is 92.8 cm³/mol. The second kappa shape index (κ2) is 7.42. The van der Waals surface area contributed by atoms with Crippen molar-refractivity contribution in [2.45, 2.75) is 12.2 Å². The zero-order chi connectivity index (χ0) is 17.8. The van der Waals surface area contributed by atoms with Crippen molar-refractivity contribution >= 4 is 0 Å². The fourth-order valence-electron chi connectivity index (χ4n) is 2.56. The lowest BCUT2D eigenvalue weighted by Gasteiger charge is -2.11. The molecule has 0 saturated carbocycles. The number of furan rings is 1. The number of ether oxygens (including phenoxy) is 2. The van der Waals surface area contributed by atoms with E-state index in [1.54, 1.807) is 74.9 Å². The van der Waals surface area contributed by atoms with E-state index in [-0.39, 0.29) is 0 Å². The predicted octanol–water partition coefficient (Wildman–Crippen LogP) is 3.46. The lowest BCUT2D eigenvalue weighted by atomic mass is 10.1. The Kier molecular flexibility index (Phi) is 5.07. The Hall–Kier alpha value is -2.76. The molecule has 0 radical (unpaired) electrons. The highest BCUT2D eigenvalue weighted by atomic mass is 16.5. The minimum Gasteiger partial charge on any atom is -0.497 e. The Bertz CT molecular complexity index is 737. The molecule has 130 valence electrons. The van der Waals surface area contributed by atoms with Gasteiger partial charge in [-0.3, -0.25) is 0 Å². The third-order valence-corrected chi connectivity index (χ3v) is 4.05. The Labute approximate surface area is 146 Å². The van der Waals surface area contributed by atoms with Crippen molar-refractivity contribution in [1.29, 1.82) is 0 Å². The summed E-state index contributed by atoms with van der Waals surface area (Å²) in [6.07, 6.45) is -1.83. The van der Waals surface area contributed by atoms with E-state index >= 15 is 0 Å². The molecule has 3 rings (SSSR count). The molecule has 5 heteroatoms. The maximum Gasteiger partial charge on any atom is 0.137 e. The van der Waals surface area contributed by atoms with Crippen LogP contribution in [-0.4, -0.2) is 24.4 Å². The average molecular weight is 340 g/mol. The van der Waals surface area contributed by atoms with Crippen molar-refractivity contribution in [2.24, 2.45) is 0 Å². The number of hydrogen-bond donors (Lipinski definition) is 2. The molecule has 3 aromatic rings. The van der Waals surface area contributed by atoms with E-state index < -0.39 is 12.2 Å². The summed E-state index contributed by atoms with van der Waals surface area (Å²) < 4.78 is 15.9. The van der Waals surface area contributed by atoms with Crippen LogP contribution in [0.3, 0.4) is 0 Å². The summed E-state index contributed by atoms with van der Waals surface area (Å²) in [5.41, 5.74) is 1.36. The Morgan fingerprint density at radius 1 is 0.640 bits per heavy atom. The normalized spacial score (nSPS) is 13.3. The van der Waals surface area contributed by atoms with Gasteiger partial charge in [-0.2, -0.15) is 0 Å². The zero-order valence-corrected chi connectivity index (χ0v) is 14.0. The smallest absolute Gasteiger partial charge is 0.137 e. The van der Waals surface area contributed by atoms with Crippen LogP contribution in [0, 0.1) is 0 Å². The third-order valence-electron chi connectivity index (χ3n) is 4.05. The van der Waals surface area contributed by atoms with Crippen LogP contribution in [0.1, 0.15) is 34.9 Å². The highest BCUT2D eigenvalue weighted by Gasteiger charge is 2.19. The minimum atomic E-state index is -0.914. The summed E-state index contributed by atoms with van der Waals surface area (Å²) in [6.45, 7) is 0. The third kappa shape index (κ3) is 3.68. The van der Waals surface area contributed by atoms with E-state index in [0.717, 1.165) is 0 Å². The largest absolute Gasteiger partial charge is 0.497 e. The van der Waals surface area contributed by atoms with Crippen LogP contribution in [0.4, 0.5) is 0 Å². The van der Waals surface area contributed by atoms with Crippen molar-refractivity contribution in [1.82, 2.24) is 0 Å². The molecule has 2 unspecified atom stereocenters. The average Bonchev–Trinajstić information content (AvgIpc) is 3.17. The molecular weight excluding hydrogens is 320 g/mol. The molecule has 5 nitrogen and oxygen atoms in total. The van der Waals surface area contributed by atoms with Crippen molar-refractivity contribution < 1.29 is 24.1 Å². The monoisotopic (exact) mass is 340 g/mol. The number of benzene rings is 2. The van der Waals surface area contributed by atoms with Gasteiger partial charge in [0.25, 0.3) is 0 Å². The number of hydrogen-bond acceptors (Lipinski definition) is 5. The number of rotatable bonds is 6. The van der Waals surface area contributed by atoms with Gasteiger partial charge in [0.15, 0.2) is 0 Å². The molecule has 2 aromatic carbocycles.